The Bertz CT molecular complexity index is 779. The zero-order chi connectivity index (χ0) is 20.5. The van der Waals surface area contributed by atoms with E-state index in [1.807, 2.05) is 29.2 Å². The van der Waals surface area contributed by atoms with Gasteiger partial charge in [0.25, 0.3) is 0 Å². The summed E-state index contributed by atoms with van der Waals surface area (Å²) in [5.74, 6) is 0.465. The molecule has 7 heteroatoms. The number of rotatable bonds is 2. The smallest absolute Gasteiger partial charge is 0.337 e. The van der Waals surface area contributed by atoms with E-state index in [1.165, 1.54) is 7.11 Å². The molecule has 0 unspecified atom stereocenters. The van der Waals surface area contributed by atoms with Crippen molar-refractivity contribution in [3.8, 4) is 5.75 Å². The SMILES string of the molecule is COC(=O)c1ccc2c(c1)OCCN(C(=O)C1CCOCC1)C2.c1ccncc1. The van der Waals surface area contributed by atoms with Gasteiger partial charge in [-0.2, -0.15) is 0 Å². The van der Waals surface area contributed by atoms with E-state index in [0.29, 0.717) is 44.2 Å². The number of ether oxygens (including phenoxy) is 3. The molecule has 4 rings (SSSR count). The number of esters is 1. The summed E-state index contributed by atoms with van der Waals surface area (Å²) in [5, 5.41) is 0. The molecule has 3 heterocycles. The molecule has 154 valence electrons. The Hall–Kier alpha value is -2.93. The van der Waals surface area contributed by atoms with E-state index in [2.05, 4.69) is 4.98 Å². The Balaban J connectivity index is 0.000000343. The molecule has 1 aromatic carbocycles. The fraction of sp³-hybridized carbons (Fsp3) is 0.409. The number of methoxy groups -OCH3 is 1. The normalized spacial score (nSPS) is 16.4. The number of aromatic nitrogens is 1. The molecule has 1 saturated heterocycles. The monoisotopic (exact) mass is 398 g/mol. The van der Waals surface area contributed by atoms with Gasteiger partial charge < -0.3 is 19.1 Å². The lowest BCUT2D eigenvalue weighted by molar-refractivity contribution is -0.139. The average molecular weight is 398 g/mol. The molecule has 2 aromatic rings. The van der Waals surface area contributed by atoms with Gasteiger partial charge in [0.05, 0.1) is 19.2 Å². The van der Waals surface area contributed by atoms with Crippen molar-refractivity contribution in [2.24, 2.45) is 5.92 Å². The highest BCUT2D eigenvalue weighted by atomic mass is 16.5. The summed E-state index contributed by atoms with van der Waals surface area (Å²) in [5.41, 5.74) is 1.37. The summed E-state index contributed by atoms with van der Waals surface area (Å²) in [6.45, 7) is 2.79. The van der Waals surface area contributed by atoms with Crippen molar-refractivity contribution in [3.05, 3.63) is 59.9 Å². The van der Waals surface area contributed by atoms with Crippen LogP contribution in [0.15, 0.2) is 48.8 Å². The molecule has 0 spiro atoms. The lowest BCUT2D eigenvalue weighted by Gasteiger charge is -2.28. The van der Waals surface area contributed by atoms with E-state index >= 15 is 0 Å². The van der Waals surface area contributed by atoms with Crippen LogP contribution in [0.2, 0.25) is 0 Å². The molecule has 0 aliphatic carbocycles. The highest BCUT2D eigenvalue weighted by Gasteiger charge is 2.28. The van der Waals surface area contributed by atoms with Gasteiger partial charge >= 0.3 is 5.97 Å². The number of carbonyl (C=O) groups excluding carboxylic acids is 2. The van der Waals surface area contributed by atoms with Crippen LogP contribution < -0.4 is 4.74 Å². The minimum atomic E-state index is -0.393. The summed E-state index contributed by atoms with van der Waals surface area (Å²) < 4.78 is 15.8. The maximum Gasteiger partial charge on any atom is 0.337 e. The zero-order valence-electron chi connectivity index (χ0n) is 16.6. The van der Waals surface area contributed by atoms with Crippen LogP contribution in [0.25, 0.3) is 0 Å². The molecule has 29 heavy (non-hydrogen) atoms. The molecular formula is C22H26N2O5. The number of benzene rings is 1. The van der Waals surface area contributed by atoms with Gasteiger partial charge in [0.1, 0.15) is 12.4 Å². The third kappa shape index (κ3) is 5.77. The number of amides is 1. The molecule has 1 aromatic heterocycles. The molecule has 2 aliphatic rings. The number of hydrogen-bond donors (Lipinski definition) is 0. The number of fused-ring (bicyclic) bond motifs is 1. The predicted octanol–water partition coefficient (Wildman–Crippen LogP) is 2.70. The van der Waals surface area contributed by atoms with Gasteiger partial charge in [-0.25, -0.2) is 4.79 Å². The molecule has 0 atom stereocenters. The first-order valence-corrected chi connectivity index (χ1v) is 9.74. The third-order valence-electron chi connectivity index (χ3n) is 4.92. The predicted molar refractivity (Wildman–Crippen MR) is 106 cm³/mol. The van der Waals surface area contributed by atoms with Crippen molar-refractivity contribution >= 4 is 11.9 Å². The summed E-state index contributed by atoms with van der Waals surface area (Å²) in [4.78, 5) is 29.9. The Morgan fingerprint density at radius 3 is 2.48 bits per heavy atom. The fourth-order valence-electron chi connectivity index (χ4n) is 3.32. The van der Waals surface area contributed by atoms with Crippen LogP contribution in [-0.2, 0) is 20.8 Å². The van der Waals surface area contributed by atoms with Crippen molar-refractivity contribution in [2.45, 2.75) is 19.4 Å². The number of pyridine rings is 1. The van der Waals surface area contributed by atoms with Crippen molar-refractivity contribution in [1.29, 1.82) is 0 Å². The van der Waals surface area contributed by atoms with E-state index in [-0.39, 0.29) is 11.8 Å². The molecule has 0 N–H and O–H groups in total. The first-order valence-electron chi connectivity index (χ1n) is 9.74. The van der Waals surface area contributed by atoms with Crippen LogP contribution in [0.3, 0.4) is 0 Å². The lowest BCUT2D eigenvalue weighted by atomic mass is 9.98. The fourth-order valence-corrected chi connectivity index (χ4v) is 3.32. The van der Waals surface area contributed by atoms with Crippen LogP contribution in [-0.4, -0.2) is 55.2 Å². The maximum atomic E-state index is 12.7. The molecule has 1 fully saturated rings. The molecule has 0 saturated carbocycles. The molecule has 1 amide bonds. The molecule has 0 bridgehead atoms. The van der Waals surface area contributed by atoms with E-state index in [9.17, 15) is 9.59 Å². The summed E-state index contributed by atoms with van der Waals surface area (Å²) in [6, 6.07) is 10.9. The Kier molecular flexibility index (Phi) is 7.58. The highest BCUT2D eigenvalue weighted by molar-refractivity contribution is 5.90. The summed E-state index contributed by atoms with van der Waals surface area (Å²) in [7, 11) is 1.35. The second-order valence-corrected chi connectivity index (χ2v) is 6.83. The van der Waals surface area contributed by atoms with Crippen LogP contribution in [0.1, 0.15) is 28.8 Å². The van der Waals surface area contributed by atoms with Gasteiger partial charge in [-0.15, -0.1) is 0 Å². The highest BCUT2D eigenvalue weighted by Crippen LogP contribution is 2.27. The first-order chi connectivity index (χ1) is 14.2. The average Bonchev–Trinajstić information content (AvgIpc) is 3.02. The van der Waals surface area contributed by atoms with Crippen molar-refractivity contribution in [2.75, 3.05) is 33.5 Å². The number of carbonyl (C=O) groups is 2. The third-order valence-corrected chi connectivity index (χ3v) is 4.92. The molecular weight excluding hydrogens is 372 g/mol. The molecule has 7 nitrogen and oxygen atoms in total. The lowest BCUT2D eigenvalue weighted by Crippen LogP contribution is -2.39. The first kappa shape index (κ1) is 20.8. The minimum absolute atomic E-state index is 0.0413. The van der Waals surface area contributed by atoms with Gasteiger partial charge in [0, 0.05) is 43.6 Å². The van der Waals surface area contributed by atoms with E-state index in [0.717, 1.165) is 18.4 Å². The summed E-state index contributed by atoms with van der Waals surface area (Å²) >= 11 is 0. The van der Waals surface area contributed by atoms with Crippen molar-refractivity contribution in [3.63, 3.8) is 0 Å². The van der Waals surface area contributed by atoms with E-state index in [1.54, 1.807) is 24.5 Å². The van der Waals surface area contributed by atoms with Crippen LogP contribution in [0.5, 0.6) is 5.75 Å². The largest absolute Gasteiger partial charge is 0.491 e. The maximum absolute atomic E-state index is 12.7. The Labute approximate surface area is 170 Å². The van der Waals surface area contributed by atoms with Gasteiger partial charge in [0.15, 0.2) is 0 Å². The standard InChI is InChI=1S/C17H21NO5.C5H5N/c1-21-17(20)13-2-3-14-11-18(6-9-23-15(14)10-13)16(19)12-4-7-22-8-5-12;1-2-4-6-5-3-1/h2-3,10,12H,4-9,11H2,1H3;1-5H. The molecule has 0 radical (unpaired) electrons. The Morgan fingerprint density at radius 2 is 1.86 bits per heavy atom. The second kappa shape index (κ2) is 10.6. The van der Waals surface area contributed by atoms with E-state index < -0.39 is 5.97 Å². The topological polar surface area (TPSA) is 78.0 Å². The van der Waals surface area contributed by atoms with Crippen LogP contribution >= 0.6 is 0 Å². The number of nitrogens with zero attached hydrogens (tertiary/aromatic N) is 2. The van der Waals surface area contributed by atoms with Crippen LogP contribution in [0, 0.1) is 5.92 Å². The van der Waals surface area contributed by atoms with Gasteiger partial charge in [-0.1, -0.05) is 12.1 Å². The molecule has 2 aliphatic heterocycles. The van der Waals surface area contributed by atoms with Crippen molar-refractivity contribution < 1.29 is 23.8 Å². The zero-order valence-corrected chi connectivity index (χ0v) is 16.6. The minimum Gasteiger partial charge on any atom is -0.491 e. The van der Waals surface area contributed by atoms with Gasteiger partial charge in [-0.05, 0) is 37.1 Å². The Morgan fingerprint density at radius 1 is 1.10 bits per heavy atom. The quantitative estimate of drug-likeness (QED) is 0.724. The van der Waals surface area contributed by atoms with Crippen LogP contribution in [0.4, 0.5) is 0 Å². The number of hydrogen-bond acceptors (Lipinski definition) is 6. The van der Waals surface area contributed by atoms with Crippen molar-refractivity contribution in [1.82, 2.24) is 9.88 Å². The van der Waals surface area contributed by atoms with Gasteiger partial charge in [0.2, 0.25) is 5.91 Å². The second-order valence-electron chi connectivity index (χ2n) is 6.83. The van der Waals surface area contributed by atoms with E-state index in [4.69, 9.17) is 14.2 Å². The summed E-state index contributed by atoms with van der Waals surface area (Å²) in [6.07, 6.45) is 5.06. The van der Waals surface area contributed by atoms with Gasteiger partial charge in [-0.3, -0.25) is 9.78 Å².